The van der Waals surface area contributed by atoms with Gasteiger partial charge in [0.15, 0.2) is 0 Å². The standard InChI is InChI=1S/C14H17F4N/c1-9(2)4-7-13(19-3)11-8-10(14(16,17)18)5-6-12(11)15/h5-6,8,13,19H,1,4,7H2,2-3H3. The molecule has 1 N–H and O–H groups in total. The van der Waals surface area contributed by atoms with Crippen LogP contribution in [0.5, 0.6) is 0 Å². The van der Waals surface area contributed by atoms with E-state index >= 15 is 0 Å². The molecule has 106 valence electrons. The summed E-state index contributed by atoms with van der Waals surface area (Å²) < 4.78 is 51.6. The second kappa shape index (κ2) is 6.19. The first kappa shape index (κ1) is 15.7. The van der Waals surface area contributed by atoms with E-state index in [1.54, 1.807) is 7.05 Å². The molecule has 0 bridgehead atoms. The van der Waals surface area contributed by atoms with Crippen molar-refractivity contribution >= 4 is 0 Å². The molecule has 19 heavy (non-hydrogen) atoms. The van der Waals surface area contributed by atoms with Crippen LogP contribution in [0.1, 0.15) is 36.9 Å². The Labute approximate surface area is 110 Å². The number of allylic oxidation sites excluding steroid dienone is 1. The van der Waals surface area contributed by atoms with Gasteiger partial charge in [-0.3, -0.25) is 0 Å². The number of halogens is 4. The molecule has 0 aromatic heterocycles. The summed E-state index contributed by atoms with van der Waals surface area (Å²) in [4.78, 5) is 0. The Morgan fingerprint density at radius 3 is 2.47 bits per heavy atom. The van der Waals surface area contributed by atoms with Crippen molar-refractivity contribution in [3.63, 3.8) is 0 Å². The van der Waals surface area contributed by atoms with Crippen molar-refractivity contribution in [3.05, 3.63) is 47.3 Å². The molecule has 0 amide bonds. The maximum absolute atomic E-state index is 13.7. The van der Waals surface area contributed by atoms with Gasteiger partial charge in [-0.15, -0.1) is 6.58 Å². The number of alkyl halides is 3. The molecule has 1 atom stereocenters. The first-order valence-electron chi connectivity index (χ1n) is 5.94. The highest BCUT2D eigenvalue weighted by Crippen LogP contribution is 2.32. The van der Waals surface area contributed by atoms with E-state index < -0.39 is 23.6 Å². The lowest BCUT2D eigenvalue weighted by Crippen LogP contribution is -2.19. The molecular formula is C14H17F4N. The average Bonchev–Trinajstić information content (AvgIpc) is 2.30. The summed E-state index contributed by atoms with van der Waals surface area (Å²) in [5, 5.41) is 2.84. The van der Waals surface area contributed by atoms with Crippen LogP contribution in [-0.2, 0) is 6.18 Å². The van der Waals surface area contributed by atoms with Crippen LogP contribution in [0.4, 0.5) is 17.6 Å². The summed E-state index contributed by atoms with van der Waals surface area (Å²) in [6.07, 6.45) is -3.33. The second-order valence-corrected chi connectivity index (χ2v) is 4.57. The second-order valence-electron chi connectivity index (χ2n) is 4.57. The zero-order valence-electron chi connectivity index (χ0n) is 10.9. The molecule has 0 saturated carbocycles. The zero-order chi connectivity index (χ0) is 14.6. The van der Waals surface area contributed by atoms with Crippen molar-refractivity contribution in [3.8, 4) is 0 Å². The smallest absolute Gasteiger partial charge is 0.313 e. The third kappa shape index (κ3) is 4.35. The summed E-state index contributed by atoms with van der Waals surface area (Å²) >= 11 is 0. The molecule has 0 aliphatic heterocycles. The van der Waals surface area contributed by atoms with E-state index in [0.29, 0.717) is 12.8 Å². The maximum atomic E-state index is 13.7. The molecule has 1 aromatic carbocycles. The van der Waals surface area contributed by atoms with Crippen molar-refractivity contribution in [1.82, 2.24) is 5.32 Å². The number of nitrogens with one attached hydrogen (secondary N) is 1. The van der Waals surface area contributed by atoms with Gasteiger partial charge in [0, 0.05) is 11.6 Å². The third-order valence-electron chi connectivity index (χ3n) is 2.91. The van der Waals surface area contributed by atoms with Gasteiger partial charge in [-0.1, -0.05) is 5.57 Å². The fourth-order valence-corrected chi connectivity index (χ4v) is 1.83. The Bertz CT molecular complexity index is 451. The van der Waals surface area contributed by atoms with Gasteiger partial charge in [0.05, 0.1) is 5.56 Å². The van der Waals surface area contributed by atoms with Crippen LogP contribution in [0.3, 0.4) is 0 Å². The van der Waals surface area contributed by atoms with Crippen molar-refractivity contribution in [2.75, 3.05) is 7.05 Å². The van der Waals surface area contributed by atoms with Crippen LogP contribution in [-0.4, -0.2) is 7.05 Å². The summed E-state index contributed by atoms with van der Waals surface area (Å²) in [6.45, 7) is 5.56. The first-order chi connectivity index (χ1) is 8.75. The van der Waals surface area contributed by atoms with Crippen molar-refractivity contribution in [1.29, 1.82) is 0 Å². The highest BCUT2D eigenvalue weighted by Gasteiger charge is 2.31. The van der Waals surface area contributed by atoms with Gasteiger partial charge in [0.1, 0.15) is 5.82 Å². The Kier molecular flexibility index (Phi) is 5.11. The topological polar surface area (TPSA) is 12.0 Å². The van der Waals surface area contributed by atoms with Crippen LogP contribution in [0.2, 0.25) is 0 Å². The van der Waals surface area contributed by atoms with Gasteiger partial charge in [0.2, 0.25) is 0 Å². The number of hydrogen-bond acceptors (Lipinski definition) is 1. The minimum Gasteiger partial charge on any atom is -0.313 e. The Morgan fingerprint density at radius 2 is 2.00 bits per heavy atom. The van der Waals surface area contributed by atoms with Crippen LogP contribution < -0.4 is 5.32 Å². The van der Waals surface area contributed by atoms with Crippen LogP contribution in [0.15, 0.2) is 30.4 Å². The number of rotatable bonds is 5. The molecule has 0 spiro atoms. The normalized spacial score (nSPS) is 13.4. The Hall–Kier alpha value is -1.36. The molecule has 1 rings (SSSR count). The van der Waals surface area contributed by atoms with Gasteiger partial charge >= 0.3 is 6.18 Å². The highest BCUT2D eigenvalue weighted by atomic mass is 19.4. The maximum Gasteiger partial charge on any atom is 0.416 e. The number of hydrogen-bond donors (Lipinski definition) is 1. The van der Waals surface area contributed by atoms with Gasteiger partial charge < -0.3 is 5.32 Å². The van der Waals surface area contributed by atoms with E-state index in [0.717, 1.165) is 23.8 Å². The van der Waals surface area contributed by atoms with Crippen LogP contribution in [0.25, 0.3) is 0 Å². The summed E-state index contributed by atoms with van der Waals surface area (Å²) in [5.74, 6) is -0.630. The molecule has 0 fully saturated rings. The average molecular weight is 275 g/mol. The molecule has 0 aliphatic carbocycles. The Balaban J connectivity index is 3.05. The zero-order valence-corrected chi connectivity index (χ0v) is 10.9. The van der Waals surface area contributed by atoms with Crippen molar-refractivity contribution in [2.24, 2.45) is 0 Å². The lowest BCUT2D eigenvalue weighted by Gasteiger charge is -2.19. The lowest BCUT2D eigenvalue weighted by atomic mass is 9.97. The minimum absolute atomic E-state index is 0.0403. The van der Waals surface area contributed by atoms with E-state index in [2.05, 4.69) is 11.9 Å². The molecule has 1 aromatic rings. The fourth-order valence-electron chi connectivity index (χ4n) is 1.83. The van der Waals surface area contributed by atoms with Crippen molar-refractivity contribution in [2.45, 2.75) is 32.0 Å². The van der Waals surface area contributed by atoms with Gasteiger partial charge in [-0.2, -0.15) is 13.2 Å². The quantitative estimate of drug-likeness (QED) is 0.618. The molecule has 0 heterocycles. The first-order valence-corrected chi connectivity index (χ1v) is 5.94. The van der Waals surface area contributed by atoms with Crippen LogP contribution in [0, 0.1) is 5.82 Å². The largest absolute Gasteiger partial charge is 0.416 e. The lowest BCUT2D eigenvalue weighted by molar-refractivity contribution is -0.137. The predicted molar refractivity (Wildman–Crippen MR) is 67.3 cm³/mol. The Morgan fingerprint density at radius 1 is 1.37 bits per heavy atom. The summed E-state index contributed by atoms with van der Waals surface area (Å²) in [6, 6.07) is 2.03. The predicted octanol–water partition coefficient (Wildman–Crippen LogP) is 4.46. The molecule has 0 radical (unpaired) electrons. The van der Waals surface area contributed by atoms with Crippen molar-refractivity contribution < 1.29 is 17.6 Å². The molecule has 0 saturated heterocycles. The molecule has 1 nitrogen and oxygen atoms in total. The van der Waals surface area contributed by atoms with Crippen LogP contribution >= 0.6 is 0 Å². The minimum atomic E-state index is -4.46. The monoisotopic (exact) mass is 275 g/mol. The van der Waals surface area contributed by atoms with E-state index in [9.17, 15) is 17.6 Å². The summed E-state index contributed by atoms with van der Waals surface area (Å²) in [5.41, 5.74) is 0.116. The SMILES string of the molecule is C=C(C)CCC(NC)c1cc(C(F)(F)F)ccc1F. The fraction of sp³-hybridized carbons (Fsp3) is 0.429. The number of benzene rings is 1. The molecule has 1 unspecified atom stereocenters. The van der Waals surface area contributed by atoms with E-state index in [4.69, 9.17) is 0 Å². The molecule has 5 heteroatoms. The van der Waals surface area contributed by atoms with Gasteiger partial charge in [0.25, 0.3) is 0 Å². The van der Waals surface area contributed by atoms with E-state index in [1.807, 2.05) is 6.92 Å². The summed E-state index contributed by atoms with van der Waals surface area (Å²) in [7, 11) is 1.60. The molecular weight excluding hydrogens is 258 g/mol. The van der Waals surface area contributed by atoms with Gasteiger partial charge in [-0.05, 0) is 45.0 Å². The third-order valence-corrected chi connectivity index (χ3v) is 2.91. The van der Waals surface area contributed by atoms with E-state index in [1.165, 1.54) is 0 Å². The van der Waals surface area contributed by atoms with Gasteiger partial charge in [-0.25, -0.2) is 4.39 Å². The molecule has 0 aliphatic rings. The van der Waals surface area contributed by atoms with E-state index in [-0.39, 0.29) is 5.56 Å². The highest BCUT2D eigenvalue weighted by molar-refractivity contribution is 5.29.